The van der Waals surface area contributed by atoms with Crippen molar-refractivity contribution in [1.29, 1.82) is 0 Å². The number of rotatable bonds is 2. The van der Waals surface area contributed by atoms with Gasteiger partial charge in [-0.2, -0.15) is 0 Å². The number of aryl methyl sites for hydroxylation is 1. The average Bonchev–Trinajstić information content (AvgIpc) is 3.43. The Kier molecular flexibility index (Phi) is 2.86. The van der Waals surface area contributed by atoms with Crippen LogP contribution in [-0.2, 0) is 0 Å². The second-order valence-electron chi connectivity index (χ2n) is 7.97. The predicted octanol–water partition coefficient (Wildman–Crippen LogP) is 1.24. The molecule has 25 heavy (non-hydrogen) atoms. The van der Waals surface area contributed by atoms with E-state index in [0.717, 1.165) is 32.2 Å². The van der Waals surface area contributed by atoms with E-state index in [1.54, 1.807) is 0 Å². The van der Waals surface area contributed by atoms with Crippen LogP contribution in [0.25, 0.3) is 5.52 Å². The van der Waals surface area contributed by atoms with Gasteiger partial charge in [0.2, 0.25) is 0 Å². The number of halogens is 1. The number of hydrogen-bond donors (Lipinski definition) is 2. The van der Waals surface area contributed by atoms with Gasteiger partial charge < -0.3 is 10.6 Å². The third-order valence-electron chi connectivity index (χ3n) is 6.26. The molecule has 2 saturated carbocycles. The van der Waals surface area contributed by atoms with Crippen molar-refractivity contribution in [3.63, 3.8) is 0 Å². The van der Waals surface area contributed by atoms with E-state index in [-0.39, 0.29) is 22.9 Å². The van der Waals surface area contributed by atoms with Crippen molar-refractivity contribution in [1.82, 2.24) is 9.38 Å². The van der Waals surface area contributed by atoms with E-state index in [9.17, 15) is 14.0 Å². The predicted molar refractivity (Wildman–Crippen MR) is 92.8 cm³/mol. The van der Waals surface area contributed by atoms with Crippen molar-refractivity contribution in [3.8, 4) is 0 Å². The summed E-state index contributed by atoms with van der Waals surface area (Å²) in [4.78, 5) is 28.9. The minimum atomic E-state index is -0.588. The molecule has 2 aromatic rings. The number of anilines is 1. The number of fused-ring (bicyclic) bond motifs is 1. The summed E-state index contributed by atoms with van der Waals surface area (Å²) >= 11 is 0. The lowest BCUT2D eigenvalue weighted by Crippen LogP contribution is -2.32. The quantitative estimate of drug-likeness (QED) is 0.859. The second-order valence-corrected chi connectivity index (χ2v) is 7.97. The fourth-order valence-electron chi connectivity index (χ4n) is 4.53. The number of nitrogens with two attached hydrogens (primary N) is 1. The van der Waals surface area contributed by atoms with Crippen molar-refractivity contribution in [2.24, 2.45) is 11.1 Å². The molecule has 1 atom stereocenters. The molecule has 1 aliphatic heterocycles. The topological polar surface area (TPSA) is 83.6 Å². The van der Waals surface area contributed by atoms with Gasteiger partial charge in [0.1, 0.15) is 0 Å². The molecule has 3 N–H and O–H groups in total. The van der Waals surface area contributed by atoms with Crippen molar-refractivity contribution in [2.45, 2.75) is 44.6 Å². The van der Waals surface area contributed by atoms with Crippen LogP contribution in [-0.4, -0.2) is 28.5 Å². The molecule has 0 bridgehead atoms. The van der Waals surface area contributed by atoms with E-state index in [1.165, 1.54) is 10.6 Å². The molecule has 0 amide bonds. The molecule has 6 nitrogen and oxygen atoms in total. The number of nitrogens with zero attached hydrogens (tertiary/aromatic N) is 2. The first-order valence-corrected chi connectivity index (χ1v) is 8.89. The third-order valence-corrected chi connectivity index (χ3v) is 6.26. The highest BCUT2D eigenvalue weighted by atomic mass is 19.1. The molecule has 1 unspecified atom stereocenters. The Morgan fingerprint density at radius 1 is 1.32 bits per heavy atom. The highest BCUT2D eigenvalue weighted by Gasteiger charge is 2.54. The van der Waals surface area contributed by atoms with Gasteiger partial charge in [0.15, 0.2) is 5.82 Å². The number of hydrogen-bond acceptors (Lipinski definition) is 4. The van der Waals surface area contributed by atoms with Gasteiger partial charge in [0, 0.05) is 35.7 Å². The Bertz CT molecular complexity index is 1020. The van der Waals surface area contributed by atoms with Crippen LogP contribution < -0.4 is 21.9 Å². The zero-order valence-corrected chi connectivity index (χ0v) is 14.1. The monoisotopic (exact) mass is 344 g/mol. The molecule has 3 fully saturated rings. The van der Waals surface area contributed by atoms with Crippen LogP contribution >= 0.6 is 0 Å². The van der Waals surface area contributed by atoms with E-state index in [4.69, 9.17) is 5.73 Å². The first-order valence-electron chi connectivity index (χ1n) is 8.89. The number of H-pyrrole nitrogens is 1. The minimum Gasteiger partial charge on any atom is -0.367 e. The van der Waals surface area contributed by atoms with Crippen molar-refractivity contribution in [2.75, 3.05) is 18.0 Å². The zero-order valence-electron chi connectivity index (χ0n) is 14.1. The minimum absolute atomic E-state index is 0.0480. The zero-order chi connectivity index (χ0) is 17.5. The Labute approximate surface area is 143 Å². The lowest BCUT2D eigenvalue weighted by molar-refractivity contribution is 0.499. The summed E-state index contributed by atoms with van der Waals surface area (Å²) in [5.41, 5.74) is 7.81. The maximum atomic E-state index is 14.9. The van der Waals surface area contributed by atoms with E-state index in [2.05, 4.69) is 4.98 Å². The molecule has 0 aromatic carbocycles. The molecule has 1 saturated heterocycles. The van der Waals surface area contributed by atoms with Crippen LogP contribution in [0.5, 0.6) is 0 Å². The summed E-state index contributed by atoms with van der Waals surface area (Å²) in [5.74, 6) is -0.280. The van der Waals surface area contributed by atoms with Crippen LogP contribution in [0.15, 0.2) is 15.8 Å². The standard InChI is InChI=1S/C18H21FN4O2/c1-9-14(22-7-12(20)18(8-22)4-5-18)11(19)6-23-15(9)13(10-2-3-10)16(24)21-17(23)25/h6,10,12H,2-5,7-8,20H2,1H3,(H,21,24,25). The van der Waals surface area contributed by atoms with Gasteiger partial charge in [-0.3, -0.25) is 14.2 Å². The van der Waals surface area contributed by atoms with Crippen LogP contribution in [0.3, 0.4) is 0 Å². The van der Waals surface area contributed by atoms with Gasteiger partial charge in [0.25, 0.3) is 5.56 Å². The summed E-state index contributed by atoms with van der Waals surface area (Å²) < 4.78 is 16.2. The Morgan fingerprint density at radius 2 is 2.04 bits per heavy atom. The number of nitrogens with one attached hydrogen (secondary N) is 1. The van der Waals surface area contributed by atoms with Gasteiger partial charge in [-0.25, -0.2) is 9.18 Å². The van der Waals surface area contributed by atoms with Gasteiger partial charge in [-0.05, 0) is 38.5 Å². The van der Waals surface area contributed by atoms with Gasteiger partial charge >= 0.3 is 5.69 Å². The summed E-state index contributed by atoms with van der Waals surface area (Å²) in [6.07, 6.45) is 5.25. The van der Waals surface area contributed by atoms with Crippen molar-refractivity contribution < 1.29 is 4.39 Å². The molecular weight excluding hydrogens is 323 g/mol. The molecule has 3 heterocycles. The Hall–Kier alpha value is -2.15. The molecule has 132 valence electrons. The fraction of sp³-hybridized carbons (Fsp3) is 0.556. The number of aromatic amines is 1. The highest BCUT2D eigenvalue weighted by Crippen LogP contribution is 2.53. The summed E-state index contributed by atoms with van der Waals surface area (Å²) in [6, 6.07) is 0.0480. The summed E-state index contributed by atoms with van der Waals surface area (Å²) in [7, 11) is 0. The number of pyridine rings is 1. The first-order chi connectivity index (χ1) is 11.9. The largest absolute Gasteiger partial charge is 0.367 e. The molecule has 2 aromatic heterocycles. The first kappa shape index (κ1) is 15.1. The molecule has 0 radical (unpaired) electrons. The average molecular weight is 344 g/mol. The SMILES string of the molecule is Cc1c(N2CC(N)C3(CC3)C2)c(F)cn2c(=O)[nH]c(=O)c(C3CC3)c12. The van der Waals surface area contributed by atoms with E-state index < -0.39 is 11.5 Å². The van der Waals surface area contributed by atoms with Crippen LogP contribution in [0.2, 0.25) is 0 Å². The van der Waals surface area contributed by atoms with E-state index >= 15 is 0 Å². The van der Waals surface area contributed by atoms with Gasteiger partial charge in [0.05, 0.1) is 17.4 Å². The molecule has 2 aliphatic carbocycles. The second kappa shape index (κ2) is 4.72. The van der Waals surface area contributed by atoms with E-state index in [1.807, 2.05) is 11.8 Å². The highest BCUT2D eigenvalue weighted by molar-refractivity contribution is 5.73. The molecule has 1 spiro atoms. The third kappa shape index (κ3) is 2.05. The molecule has 7 heteroatoms. The lowest BCUT2D eigenvalue weighted by Gasteiger charge is -2.23. The molecule has 5 rings (SSSR count). The molecule has 3 aliphatic rings. The Morgan fingerprint density at radius 3 is 2.64 bits per heavy atom. The fourth-order valence-corrected chi connectivity index (χ4v) is 4.53. The molecular formula is C18H21FN4O2. The summed E-state index contributed by atoms with van der Waals surface area (Å²) in [6.45, 7) is 3.16. The van der Waals surface area contributed by atoms with Crippen molar-refractivity contribution in [3.05, 3.63) is 44.0 Å². The van der Waals surface area contributed by atoms with Gasteiger partial charge in [-0.15, -0.1) is 0 Å². The smallest absolute Gasteiger partial charge is 0.333 e. The maximum absolute atomic E-state index is 14.9. The lowest BCUT2D eigenvalue weighted by atomic mass is 10.0. The van der Waals surface area contributed by atoms with Crippen LogP contribution in [0.4, 0.5) is 10.1 Å². The van der Waals surface area contributed by atoms with Crippen LogP contribution in [0.1, 0.15) is 42.7 Å². The Balaban J connectivity index is 1.76. The van der Waals surface area contributed by atoms with Crippen LogP contribution in [0, 0.1) is 18.2 Å². The summed E-state index contributed by atoms with van der Waals surface area (Å²) in [5, 5.41) is 0. The maximum Gasteiger partial charge on any atom is 0.333 e. The van der Waals surface area contributed by atoms with Gasteiger partial charge in [-0.1, -0.05) is 0 Å². The normalized spacial score (nSPS) is 24.4. The number of aromatic nitrogens is 2. The van der Waals surface area contributed by atoms with Crippen molar-refractivity contribution >= 4 is 11.2 Å². The van der Waals surface area contributed by atoms with E-state index in [0.29, 0.717) is 28.9 Å².